The summed E-state index contributed by atoms with van der Waals surface area (Å²) in [5.41, 5.74) is 3.01. The summed E-state index contributed by atoms with van der Waals surface area (Å²) in [6.07, 6.45) is 0.276. The fourth-order valence-corrected chi connectivity index (χ4v) is 1.55. The van der Waals surface area contributed by atoms with E-state index in [-0.39, 0.29) is 11.7 Å². The number of carbonyl (C=O) groups excluding carboxylic acids is 1. The van der Waals surface area contributed by atoms with Crippen molar-refractivity contribution in [3.05, 3.63) is 28.8 Å². The molecule has 3 heteroatoms. The van der Waals surface area contributed by atoms with Gasteiger partial charge in [-0.2, -0.15) is 0 Å². The Bertz CT molecular complexity index is 359. The molecule has 1 aromatic carbocycles. The average Bonchev–Trinajstić information content (AvgIpc) is 2.10. The SMILES string of the molecule is COc1cc(C)c(CC(=O)Cl)cc1C. The lowest BCUT2D eigenvalue weighted by atomic mass is 10.0. The van der Waals surface area contributed by atoms with Crippen LogP contribution in [-0.4, -0.2) is 12.4 Å². The van der Waals surface area contributed by atoms with Crippen molar-refractivity contribution in [1.29, 1.82) is 0 Å². The molecule has 0 atom stereocenters. The van der Waals surface area contributed by atoms with Gasteiger partial charge < -0.3 is 4.74 Å². The first kappa shape index (κ1) is 11.1. The number of methoxy groups -OCH3 is 1. The second kappa shape index (κ2) is 4.47. The molecule has 0 amide bonds. The van der Waals surface area contributed by atoms with Gasteiger partial charge in [-0.1, -0.05) is 6.07 Å². The third-order valence-corrected chi connectivity index (χ3v) is 2.32. The highest BCUT2D eigenvalue weighted by molar-refractivity contribution is 6.63. The van der Waals surface area contributed by atoms with Crippen molar-refractivity contribution >= 4 is 16.8 Å². The minimum absolute atomic E-state index is 0.276. The van der Waals surface area contributed by atoms with Gasteiger partial charge in [0.25, 0.3) is 0 Å². The number of ether oxygens (including phenoxy) is 1. The molecule has 0 aromatic heterocycles. The molecule has 1 aromatic rings. The Labute approximate surface area is 88.8 Å². The number of aryl methyl sites for hydroxylation is 2. The largest absolute Gasteiger partial charge is 0.496 e. The minimum atomic E-state index is -0.335. The summed E-state index contributed by atoms with van der Waals surface area (Å²) >= 11 is 5.34. The van der Waals surface area contributed by atoms with Gasteiger partial charge in [0.1, 0.15) is 5.75 Å². The van der Waals surface area contributed by atoms with Gasteiger partial charge in [0.05, 0.1) is 7.11 Å². The third kappa shape index (κ3) is 2.48. The van der Waals surface area contributed by atoms with Gasteiger partial charge in [-0.05, 0) is 48.2 Å². The van der Waals surface area contributed by atoms with Gasteiger partial charge >= 0.3 is 0 Å². The molecule has 14 heavy (non-hydrogen) atoms. The van der Waals surface area contributed by atoms with Gasteiger partial charge in [0, 0.05) is 6.42 Å². The molecule has 0 radical (unpaired) electrons. The second-order valence-corrected chi connectivity index (χ2v) is 3.70. The Morgan fingerprint density at radius 2 is 2.00 bits per heavy atom. The molecule has 0 aliphatic heterocycles. The predicted molar refractivity (Wildman–Crippen MR) is 57.0 cm³/mol. The molecule has 0 fully saturated rings. The molecule has 0 spiro atoms. The summed E-state index contributed by atoms with van der Waals surface area (Å²) in [6.45, 7) is 3.89. The maximum absolute atomic E-state index is 10.8. The third-order valence-electron chi connectivity index (χ3n) is 2.18. The molecule has 0 aliphatic rings. The number of rotatable bonds is 3. The van der Waals surface area contributed by atoms with E-state index >= 15 is 0 Å². The molecular formula is C11H13ClO2. The van der Waals surface area contributed by atoms with Gasteiger partial charge in [0.15, 0.2) is 0 Å². The first-order valence-electron chi connectivity index (χ1n) is 4.37. The van der Waals surface area contributed by atoms with Crippen molar-refractivity contribution in [3.63, 3.8) is 0 Å². The zero-order valence-electron chi connectivity index (χ0n) is 8.56. The second-order valence-electron chi connectivity index (χ2n) is 3.28. The lowest BCUT2D eigenvalue weighted by molar-refractivity contribution is -0.111. The molecule has 0 unspecified atom stereocenters. The summed E-state index contributed by atoms with van der Waals surface area (Å²) in [7, 11) is 1.63. The molecule has 0 saturated heterocycles. The molecule has 0 bridgehead atoms. The van der Waals surface area contributed by atoms with Crippen LogP contribution in [0.25, 0.3) is 0 Å². The zero-order chi connectivity index (χ0) is 10.7. The molecule has 0 heterocycles. The average molecular weight is 213 g/mol. The fraction of sp³-hybridized carbons (Fsp3) is 0.364. The molecular weight excluding hydrogens is 200 g/mol. The fourth-order valence-electron chi connectivity index (χ4n) is 1.41. The van der Waals surface area contributed by atoms with Crippen LogP contribution < -0.4 is 4.74 Å². The smallest absolute Gasteiger partial charge is 0.226 e. The lowest BCUT2D eigenvalue weighted by Gasteiger charge is -2.09. The Hall–Kier alpha value is -1.02. The summed E-state index contributed by atoms with van der Waals surface area (Å²) in [4.78, 5) is 10.8. The highest BCUT2D eigenvalue weighted by atomic mass is 35.5. The Balaban J connectivity index is 3.08. The highest BCUT2D eigenvalue weighted by Gasteiger charge is 2.07. The van der Waals surface area contributed by atoms with E-state index in [9.17, 15) is 4.79 Å². The number of hydrogen-bond acceptors (Lipinski definition) is 2. The van der Waals surface area contributed by atoms with E-state index in [2.05, 4.69) is 0 Å². The number of hydrogen-bond donors (Lipinski definition) is 0. The molecule has 0 aliphatic carbocycles. The van der Waals surface area contributed by atoms with Crippen LogP contribution in [0.4, 0.5) is 0 Å². The van der Waals surface area contributed by atoms with Crippen LogP contribution in [-0.2, 0) is 11.2 Å². The quantitative estimate of drug-likeness (QED) is 0.720. The van der Waals surface area contributed by atoms with Gasteiger partial charge in [-0.3, -0.25) is 4.79 Å². The monoisotopic (exact) mass is 212 g/mol. The first-order valence-corrected chi connectivity index (χ1v) is 4.75. The van der Waals surface area contributed by atoms with Crippen LogP contribution in [0.2, 0.25) is 0 Å². The van der Waals surface area contributed by atoms with Crippen LogP contribution in [0, 0.1) is 13.8 Å². The summed E-state index contributed by atoms with van der Waals surface area (Å²) in [5.74, 6) is 0.841. The normalized spacial score (nSPS) is 10.0. The van der Waals surface area contributed by atoms with Crippen molar-refractivity contribution < 1.29 is 9.53 Å². The highest BCUT2D eigenvalue weighted by Crippen LogP contribution is 2.23. The topological polar surface area (TPSA) is 26.3 Å². The van der Waals surface area contributed by atoms with Crippen LogP contribution in [0.15, 0.2) is 12.1 Å². The summed E-state index contributed by atoms with van der Waals surface area (Å²) < 4.78 is 5.17. The van der Waals surface area contributed by atoms with E-state index in [0.29, 0.717) is 0 Å². The first-order chi connectivity index (χ1) is 6.54. The maximum Gasteiger partial charge on any atom is 0.226 e. The van der Waals surface area contributed by atoms with Crippen molar-refractivity contribution in [2.75, 3.05) is 7.11 Å². The van der Waals surface area contributed by atoms with Crippen LogP contribution in [0.1, 0.15) is 16.7 Å². The maximum atomic E-state index is 10.8. The van der Waals surface area contributed by atoms with E-state index < -0.39 is 0 Å². The molecule has 2 nitrogen and oxygen atoms in total. The molecule has 0 N–H and O–H groups in total. The summed E-state index contributed by atoms with van der Waals surface area (Å²) in [5, 5.41) is -0.335. The van der Waals surface area contributed by atoms with Crippen molar-refractivity contribution in [3.8, 4) is 5.75 Å². The molecule has 0 saturated carbocycles. The number of benzene rings is 1. The molecule has 76 valence electrons. The predicted octanol–water partition coefficient (Wildman–Crippen LogP) is 2.62. The van der Waals surface area contributed by atoms with Crippen molar-refractivity contribution in [2.24, 2.45) is 0 Å². The minimum Gasteiger partial charge on any atom is -0.496 e. The van der Waals surface area contributed by atoms with Crippen LogP contribution in [0.3, 0.4) is 0 Å². The van der Waals surface area contributed by atoms with E-state index in [0.717, 1.165) is 22.4 Å². The van der Waals surface area contributed by atoms with Crippen LogP contribution >= 0.6 is 11.6 Å². The number of carbonyl (C=O) groups is 1. The standard InChI is InChI=1S/C11H13ClO2/c1-7-5-10(14-3)8(2)4-9(7)6-11(12)13/h4-5H,6H2,1-3H3. The van der Waals surface area contributed by atoms with E-state index in [1.165, 1.54) is 0 Å². The van der Waals surface area contributed by atoms with E-state index in [4.69, 9.17) is 16.3 Å². The Kier molecular flexibility index (Phi) is 3.53. The molecule has 1 rings (SSSR count). The van der Waals surface area contributed by atoms with Gasteiger partial charge in [-0.15, -0.1) is 0 Å². The van der Waals surface area contributed by atoms with Gasteiger partial charge in [0.2, 0.25) is 5.24 Å². The summed E-state index contributed by atoms with van der Waals surface area (Å²) in [6, 6.07) is 3.86. The Morgan fingerprint density at radius 3 is 2.50 bits per heavy atom. The van der Waals surface area contributed by atoms with E-state index in [1.54, 1.807) is 7.11 Å². The van der Waals surface area contributed by atoms with Crippen molar-refractivity contribution in [2.45, 2.75) is 20.3 Å². The zero-order valence-corrected chi connectivity index (χ0v) is 9.31. The number of halogens is 1. The van der Waals surface area contributed by atoms with Crippen molar-refractivity contribution in [1.82, 2.24) is 0 Å². The Morgan fingerprint density at radius 1 is 1.36 bits per heavy atom. The van der Waals surface area contributed by atoms with Crippen LogP contribution in [0.5, 0.6) is 5.75 Å². The lowest BCUT2D eigenvalue weighted by Crippen LogP contribution is -1.98. The van der Waals surface area contributed by atoms with Gasteiger partial charge in [-0.25, -0.2) is 0 Å². The van der Waals surface area contributed by atoms with E-state index in [1.807, 2.05) is 26.0 Å².